The lowest BCUT2D eigenvalue weighted by Gasteiger charge is -2.22. The molecule has 3 aromatic carbocycles. The number of rotatable bonds is 10. The third-order valence-corrected chi connectivity index (χ3v) is 6.29. The molecule has 10 nitrogen and oxygen atoms in total. The molecule has 0 spiro atoms. The van der Waals surface area contributed by atoms with Crippen molar-refractivity contribution in [2.24, 2.45) is 0 Å². The van der Waals surface area contributed by atoms with E-state index in [2.05, 4.69) is 37.2 Å². The predicted octanol–water partition coefficient (Wildman–Crippen LogP) is 0.228. The molecule has 2 amide bonds. The first-order valence-electron chi connectivity index (χ1n) is 11.1. The van der Waals surface area contributed by atoms with Gasteiger partial charge < -0.3 is 35.4 Å². The van der Waals surface area contributed by atoms with Gasteiger partial charge in [0.05, 0.1) is 0 Å². The van der Waals surface area contributed by atoms with Gasteiger partial charge in [-0.05, 0) is 58.5 Å². The van der Waals surface area contributed by atoms with E-state index in [-0.39, 0.29) is 35.1 Å². The number of amides is 2. The van der Waals surface area contributed by atoms with Gasteiger partial charge in [0.2, 0.25) is 0 Å². The van der Waals surface area contributed by atoms with E-state index in [4.69, 9.17) is 0 Å². The lowest BCUT2D eigenvalue weighted by atomic mass is 9.79. The third-order valence-electron chi connectivity index (χ3n) is 5.38. The highest BCUT2D eigenvalue weighted by Crippen LogP contribution is 2.16. The van der Waals surface area contributed by atoms with E-state index >= 15 is 0 Å². The van der Waals surface area contributed by atoms with Gasteiger partial charge in [-0.15, -0.1) is 0 Å². The quantitative estimate of drug-likeness (QED) is 0.170. The van der Waals surface area contributed by atoms with E-state index in [9.17, 15) is 39.6 Å². The van der Waals surface area contributed by atoms with Crippen LogP contribution in [0.15, 0.2) is 69.6 Å². The number of halogens is 2. The first-order valence-corrected chi connectivity index (χ1v) is 12.7. The van der Waals surface area contributed by atoms with Gasteiger partial charge in [0, 0.05) is 33.2 Å². The molecular weight excluding hydrogens is 626 g/mol. The van der Waals surface area contributed by atoms with Crippen LogP contribution in [0, 0.1) is 0 Å². The largest absolute Gasteiger partial charge is 0.488 e. The van der Waals surface area contributed by atoms with E-state index in [1.807, 2.05) is 0 Å². The summed E-state index contributed by atoms with van der Waals surface area (Å²) in [7, 11) is -3.54. The fourth-order valence-corrected chi connectivity index (χ4v) is 4.69. The molecule has 0 fully saturated rings. The van der Waals surface area contributed by atoms with Crippen LogP contribution in [0.25, 0.3) is 0 Å². The first-order chi connectivity index (χ1) is 17.9. The van der Waals surface area contributed by atoms with E-state index < -0.39 is 38.6 Å². The number of carbonyl (C=O) groups excluding carboxylic acids is 2. The zero-order chi connectivity index (χ0) is 28.0. The standard InChI is InChI=1S/C24H22B2Br2N2O8/c27-20-7-16(5-18(9-20)25(35)36)23(33)29-11-14-2-1-3-15(4-14)12-30(13-22(31)32)24(34)17-6-19(26(37)38)10-21(28)8-17/h1-10,35-38H,11-13H2,(H,29,33)(H,31,32). The van der Waals surface area contributed by atoms with E-state index in [0.717, 1.165) is 4.90 Å². The van der Waals surface area contributed by atoms with Crippen LogP contribution in [0.5, 0.6) is 0 Å². The lowest BCUT2D eigenvalue weighted by molar-refractivity contribution is -0.137. The molecule has 0 saturated carbocycles. The number of hydrogen-bond acceptors (Lipinski definition) is 7. The van der Waals surface area contributed by atoms with Crippen LogP contribution in [0.4, 0.5) is 0 Å². The Labute approximate surface area is 235 Å². The molecular formula is C24H22B2Br2N2O8. The molecule has 3 rings (SSSR count). The SMILES string of the molecule is O=C(O)CN(Cc1cccc(CNC(=O)c2cc(Br)cc(B(O)O)c2)c1)C(=O)c1cc(Br)cc(B(O)O)c1. The minimum atomic E-state index is -1.81. The average Bonchev–Trinajstić information content (AvgIpc) is 2.85. The Morgan fingerprint density at radius 2 is 1.34 bits per heavy atom. The van der Waals surface area contributed by atoms with Gasteiger partial charge in [-0.1, -0.05) is 56.1 Å². The Morgan fingerprint density at radius 3 is 1.92 bits per heavy atom. The van der Waals surface area contributed by atoms with Crippen LogP contribution in [0.2, 0.25) is 0 Å². The van der Waals surface area contributed by atoms with Gasteiger partial charge in [0.25, 0.3) is 11.8 Å². The van der Waals surface area contributed by atoms with E-state index in [1.165, 1.54) is 36.4 Å². The van der Waals surface area contributed by atoms with Crippen LogP contribution in [0.3, 0.4) is 0 Å². The molecule has 0 unspecified atom stereocenters. The summed E-state index contributed by atoms with van der Waals surface area (Å²) in [5.74, 6) is -2.29. The summed E-state index contributed by atoms with van der Waals surface area (Å²) < 4.78 is 0.926. The van der Waals surface area contributed by atoms with Gasteiger partial charge in [-0.2, -0.15) is 0 Å². The lowest BCUT2D eigenvalue weighted by Crippen LogP contribution is -2.37. The molecule has 0 aliphatic rings. The van der Waals surface area contributed by atoms with E-state index in [1.54, 1.807) is 24.3 Å². The fraction of sp³-hybridized carbons (Fsp3) is 0.125. The summed E-state index contributed by atoms with van der Waals surface area (Å²) in [6.07, 6.45) is 0. The molecule has 0 radical (unpaired) electrons. The summed E-state index contributed by atoms with van der Waals surface area (Å²) in [6.45, 7) is -0.530. The minimum absolute atomic E-state index is 0.0557. The Hall–Kier alpha value is -3.00. The highest BCUT2D eigenvalue weighted by molar-refractivity contribution is 9.10. The first kappa shape index (κ1) is 29.6. The van der Waals surface area contributed by atoms with Crippen LogP contribution in [-0.4, -0.2) is 68.7 Å². The number of hydrogen-bond donors (Lipinski definition) is 6. The molecule has 0 bridgehead atoms. The molecule has 0 aliphatic carbocycles. The number of benzene rings is 3. The smallest absolute Gasteiger partial charge is 0.480 e. The normalized spacial score (nSPS) is 10.6. The second-order valence-electron chi connectivity index (χ2n) is 8.35. The van der Waals surface area contributed by atoms with Crippen LogP contribution >= 0.6 is 31.9 Å². The summed E-state index contributed by atoms with van der Waals surface area (Å²) in [4.78, 5) is 38.4. The van der Waals surface area contributed by atoms with Crippen molar-refractivity contribution in [2.75, 3.05) is 6.54 Å². The Balaban J connectivity index is 1.76. The molecule has 0 aliphatic heterocycles. The Bertz CT molecular complexity index is 1360. The number of carboxylic acids is 1. The highest BCUT2D eigenvalue weighted by Gasteiger charge is 2.22. The van der Waals surface area contributed by atoms with Crippen molar-refractivity contribution in [3.63, 3.8) is 0 Å². The summed E-state index contributed by atoms with van der Waals surface area (Å²) in [6, 6.07) is 15.4. The topological polar surface area (TPSA) is 168 Å². The van der Waals surface area contributed by atoms with Crippen LogP contribution < -0.4 is 16.2 Å². The second-order valence-corrected chi connectivity index (χ2v) is 10.2. The molecule has 38 heavy (non-hydrogen) atoms. The Kier molecular flexibility index (Phi) is 10.3. The van der Waals surface area contributed by atoms with E-state index in [0.29, 0.717) is 20.1 Å². The van der Waals surface area contributed by atoms with Crippen molar-refractivity contribution in [3.05, 3.63) is 91.9 Å². The summed E-state index contributed by atoms with van der Waals surface area (Å²) in [5, 5.41) is 49.9. The van der Waals surface area contributed by atoms with Gasteiger partial charge in [-0.25, -0.2) is 0 Å². The number of nitrogens with zero attached hydrogens (tertiary/aromatic N) is 1. The molecule has 6 N–H and O–H groups in total. The number of nitrogens with one attached hydrogen (secondary N) is 1. The predicted molar refractivity (Wildman–Crippen MR) is 148 cm³/mol. The molecule has 196 valence electrons. The number of carbonyl (C=O) groups is 3. The van der Waals surface area contributed by atoms with Crippen molar-refractivity contribution in [1.82, 2.24) is 10.2 Å². The molecule has 14 heteroatoms. The highest BCUT2D eigenvalue weighted by atomic mass is 79.9. The number of aliphatic carboxylic acids is 1. The van der Waals surface area contributed by atoms with Gasteiger partial charge >= 0.3 is 20.2 Å². The summed E-state index contributed by atoms with van der Waals surface area (Å²) in [5.41, 5.74) is 1.82. The summed E-state index contributed by atoms with van der Waals surface area (Å²) >= 11 is 6.45. The number of carboxylic acid groups (broad SMARTS) is 1. The van der Waals surface area contributed by atoms with Crippen molar-refractivity contribution in [1.29, 1.82) is 0 Å². The maximum atomic E-state index is 13.2. The molecule has 3 aromatic rings. The maximum Gasteiger partial charge on any atom is 0.488 e. The molecule has 0 aromatic heterocycles. The zero-order valence-corrected chi connectivity index (χ0v) is 22.9. The Morgan fingerprint density at radius 1 is 0.789 bits per heavy atom. The van der Waals surface area contributed by atoms with Crippen molar-refractivity contribution in [2.45, 2.75) is 13.1 Å². The molecule has 0 atom stereocenters. The zero-order valence-electron chi connectivity index (χ0n) is 19.7. The van der Waals surface area contributed by atoms with Crippen LogP contribution in [0.1, 0.15) is 31.8 Å². The second kappa shape index (κ2) is 13.2. The average molecular weight is 648 g/mol. The van der Waals surface area contributed by atoms with Gasteiger partial charge in [0.1, 0.15) is 6.54 Å². The van der Waals surface area contributed by atoms with Crippen molar-refractivity contribution >= 4 is 74.8 Å². The molecule has 0 saturated heterocycles. The van der Waals surface area contributed by atoms with Crippen molar-refractivity contribution in [3.8, 4) is 0 Å². The monoisotopic (exact) mass is 646 g/mol. The van der Waals surface area contributed by atoms with Gasteiger partial charge in [-0.3, -0.25) is 14.4 Å². The van der Waals surface area contributed by atoms with Crippen molar-refractivity contribution < 1.29 is 39.6 Å². The molecule has 0 heterocycles. The van der Waals surface area contributed by atoms with Gasteiger partial charge in [0.15, 0.2) is 0 Å². The minimum Gasteiger partial charge on any atom is -0.480 e. The maximum absolute atomic E-state index is 13.2. The van der Waals surface area contributed by atoms with Crippen LogP contribution in [-0.2, 0) is 17.9 Å². The fourth-order valence-electron chi connectivity index (χ4n) is 3.67. The third kappa shape index (κ3) is 8.25.